The van der Waals surface area contributed by atoms with Crippen molar-refractivity contribution in [3.8, 4) is 0 Å². The number of anilines is 1. The second-order valence-corrected chi connectivity index (χ2v) is 5.03. The number of rotatable bonds is 5. The third-order valence-electron chi connectivity index (χ3n) is 3.22. The summed E-state index contributed by atoms with van der Waals surface area (Å²) in [5.74, 6) is -0.573. The summed E-state index contributed by atoms with van der Waals surface area (Å²) in [6.45, 7) is 2.54. The molecular formula is C17H19N3O2. The first kappa shape index (κ1) is 15.6. The molecule has 0 saturated heterocycles. The number of hydrogen-bond acceptors (Lipinski definition) is 2. The van der Waals surface area contributed by atoms with E-state index in [-0.39, 0.29) is 11.6 Å². The summed E-state index contributed by atoms with van der Waals surface area (Å²) in [7, 11) is 0. The van der Waals surface area contributed by atoms with Crippen LogP contribution in [0.1, 0.15) is 21.5 Å². The number of carbonyl (C=O) groups excluding carboxylic acids is 2. The molecule has 2 aromatic carbocycles. The largest absolute Gasteiger partial charge is 0.366 e. The predicted molar refractivity (Wildman–Crippen MR) is 86.9 cm³/mol. The van der Waals surface area contributed by atoms with Gasteiger partial charge in [-0.1, -0.05) is 42.0 Å². The van der Waals surface area contributed by atoms with Crippen molar-refractivity contribution in [2.45, 2.75) is 13.3 Å². The first-order valence-corrected chi connectivity index (χ1v) is 7.05. The number of amides is 3. The normalized spacial score (nSPS) is 10.0. The van der Waals surface area contributed by atoms with Gasteiger partial charge < -0.3 is 16.4 Å². The summed E-state index contributed by atoms with van der Waals surface area (Å²) in [6.07, 6.45) is 0.743. The Morgan fingerprint density at radius 1 is 1.09 bits per heavy atom. The van der Waals surface area contributed by atoms with Crippen LogP contribution < -0.4 is 16.4 Å². The van der Waals surface area contributed by atoms with Crippen LogP contribution >= 0.6 is 0 Å². The quantitative estimate of drug-likeness (QED) is 0.792. The summed E-state index contributed by atoms with van der Waals surface area (Å²) < 4.78 is 0. The van der Waals surface area contributed by atoms with Crippen molar-refractivity contribution in [2.24, 2.45) is 5.73 Å². The molecule has 2 rings (SSSR count). The van der Waals surface area contributed by atoms with Crippen LogP contribution in [-0.4, -0.2) is 18.5 Å². The Kier molecular flexibility index (Phi) is 5.14. The molecule has 0 atom stereocenters. The van der Waals surface area contributed by atoms with Crippen molar-refractivity contribution in [1.29, 1.82) is 0 Å². The minimum Gasteiger partial charge on any atom is -0.366 e. The van der Waals surface area contributed by atoms with Crippen molar-refractivity contribution in [1.82, 2.24) is 5.32 Å². The SMILES string of the molecule is Cc1cccc(CCNC(=O)Nc2ccccc2C(N)=O)c1. The van der Waals surface area contributed by atoms with Gasteiger partial charge in [0.05, 0.1) is 11.3 Å². The highest BCUT2D eigenvalue weighted by Gasteiger charge is 2.09. The van der Waals surface area contributed by atoms with Crippen molar-refractivity contribution < 1.29 is 9.59 Å². The summed E-state index contributed by atoms with van der Waals surface area (Å²) in [6, 6.07) is 14.4. The number of urea groups is 1. The number of aryl methyl sites for hydroxylation is 1. The average Bonchev–Trinajstić information content (AvgIpc) is 2.47. The van der Waals surface area contributed by atoms with Gasteiger partial charge >= 0.3 is 6.03 Å². The van der Waals surface area contributed by atoms with Crippen molar-refractivity contribution in [2.75, 3.05) is 11.9 Å². The number of nitrogens with one attached hydrogen (secondary N) is 2. The highest BCUT2D eigenvalue weighted by Crippen LogP contribution is 2.13. The third kappa shape index (κ3) is 4.34. The van der Waals surface area contributed by atoms with Crippen LogP contribution in [-0.2, 0) is 6.42 Å². The number of para-hydroxylation sites is 1. The van der Waals surface area contributed by atoms with Gasteiger partial charge in [0.25, 0.3) is 5.91 Å². The Hall–Kier alpha value is -2.82. The molecule has 5 nitrogen and oxygen atoms in total. The highest BCUT2D eigenvalue weighted by molar-refractivity contribution is 6.02. The van der Waals surface area contributed by atoms with E-state index in [2.05, 4.69) is 16.7 Å². The molecular weight excluding hydrogens is 278 g/mol. The Balaban J connectivity index is 1.87. The molecule has 0 spiro atoms. The van der Waals surface area contributed by atoms with E-state index in [9.17, 15) is 9.59 Å². The molecule has 0 unspecified atom stereocenters. The van der Waals surface area contributed by atoms with E-state index in [1.807, 2.05) is 25.1 Å². The molecule has 3 amide bonds. The summed E-state index contributed by atoms with van der Waals surface area (Å²) in [5.41, 5.74) is 8.32. The molecule has 0 aromatic heterocycles. The molecule has 0 heterocycles. The Morgan fingerprint density at radius 2 is 1.86 bits per heavy atom. The number of hydrogen-bond donors (Lipinski definition) is 3. The zero-order valence-corrected chi connectivity index (χ0v) is 12.4. The van der Waals surface area contributed by atoms with E-state index in [0.717, 1.165) is 12.0 Å². The third-order valence-corrected chi connectivity index (χ3v) is 3.22. The van der Waals surface area contributed by atoms with E-state index in [0.29, 0.717) is 12.2 Å². The Bertz CT molecular complexity index is 683. The van der Waals surface area contributed by atoms with Gasteiger partial charge in [-0.25, -0.2) is 4.79 Å². The lowest BCUT2D eigenvalue weighted by Gasteiger charge is -2.10. The lowest BCUT2D eigenvalue weighted by atomic mass is 10.1. The number of nitrogens with two attached hydrogens (primary N) is 1. The first-order valence-electron chi connectivity index (χ1n) is 7.05. The van der Waals surface area contributed by atoms with E-state index in [1.165, 1.54) is 5.56 Å². The van der Waals surface area contributed by atoms with Gasteiger partial charge in [0.2, 0.25) is 0 Å². The van der Waals surface area contributed by atoms with Crippen LogP contribution in [0.3, 0.4) is 0 Å². The van der Waals surface area contributed by atoms with Gasteiger partial charge in [-0.3, -0.25) is 4.79 Å². The Morgan fingerprint density at radius 3 is 2.59 bits per heavy atom. The number of benzene rings is 2. The summed E-state index contributed by atoms with van der Waals surface area (Å²) in [4.78, 5) is 23.2. The molecule has 0 bridgehead atoms. The van der Waals surface area contributed by atoms with Gasteiger partial charge in [-0.05, 0) is 31.0 Å². The molecule has 22 heavy (non-hydrogen) atoms. The second kappa shape index (κ2) is 7.26. The number of primary amides is 1. The lowest BCUT2D eigenvalue weighted by Crippen LogP contribution is -2.31. The van der Waals surface area contributed by atoms with E-state index in [4.69, 9.17) is 5.73 Å². The zero-order valence-electron chi connectivity index (χ0n) is 12.4. The zero-order chi connectivity index (χ0) is 15.9. The molecule has 0 fully saturated rings. The van der Waals surface area contributed by atoms with E-state index < -0.39 is 5.91 Å². The van der Waals surface area contributed by atoms with Gasteiger partial charge in [0.15, 0.2) is 0 Å². The molecule has 0 saturated carbocycles. The molecule has 0 radical (unpaired) electrons. The fourth-order valence-electron chi connectivity index (χ4n) is 2.16. The van der Waals surface area contributed by atoms with Crippen molar-refractivity contribution in [3.63, 3.8) is 0 Å². The van der Waals surface area contributed by atoms with Crippen LogP contribution in [0.25, 0.3) is 0 Å². The van der Waals surface area contributed by atoms with Crippen LogP contribution in [0.5, 0.6) is 0 Å². The summed E-state index contributed by atoms with van der Waals surface area (Å²) in [5, 5.41) is 5.40. The van der Waals surface area contributed by atoms with Gasteiger partial charge in [-0.2, -0.15) is 0 Å². The fourth-order valence-corrected chi connectivity index (χ4v) is 2.16. The van der Waals surface area contributed by atoms with Crippen LogP contribution in [0.4, 0.5) is 10.5 Å². The summed E-state index contributed by atoms with van der Waals surface area (Å²) >= 11 is 0. The molecule has 5 heteroatoms. The molecule has 0 aliphatic carbocycles. The maximum Gasteiger partial charge on any atom is 0.319 e. The molecule has 4 N–H and O–H groups in total. The molecule has 2 aromatic rings. The maximum absolute atomic E-state index is 11.9. The molecule has 114 valence electrons. The number of carbonyl (C=O) groups is 2. The highest BCUT2D eigenvalue weighted by atomic mass is 16.2. The first-order chi connectivity index (χ1) is 10.6. The van der Waals surface area contributed by atoms with Crippen LogP contribution in [0.15, 0.2) is 48.5 Å². The average molecular weight is 297 g/mol. The lowest BCUT2D eigenvalue weighted by molar-refractivity contribution is 0.100. The van der Waals surface area contributed by atoms with E-state index >= 15 is 0 Å². The van der Waals surface area contributed by atoms with Crippen molar-refractivity contribution >= 4 is 17.6 Å². The monoisotopic (exact) mass is 297 g/mol. The Labute approximate surface area is 129 Å². The fraction of sp³-hybridized carbons (Fsp3) is 0.176. The smallest absolute Gasteiger partial charge is 0.319 e. The minimum atomic E-state index is -0.573. The standard InChI is InChI=1S/C17H19N3O2/c1-12-5-4-6-13(11-12)9-10-19-17(22)20-15-8-3-2-7-14(15)16(18)21/h2-8,11H,9-10H2,1H3,(H2,18,21)(H2,19,20,22). The molecule has 0 aliphatic heterocycles. The van der Waals surface area contributed by atoms with E-state index in [1.54, 1.807) is 24.3 Å². The van der Waals surface area contributed by atoms with Crippen molar-refractivity contribution in [3.05, 3.63) is 65.2 Å². The van der Waals surface area contributed by atoms with Gasteiger partial charge in [0.1, 0.15) is 0 Å². The maximum atomic E-state index is 11.9. The topological polar surface area (TPSA) is 84.2 Å². The second-order valence-electron chi connectivity index (χ2n) is 5.03. The van der Waals surface area contributed by atoms with Gasteiger partial charge in [-0.15, -0.1) is 0 Å². The minimum absolute atomic E-state index is 0.288. The predicted octanol–water partition coefficient (Wildman–Crippen LogP) is 2.46. The van der Waals surface area contributed by atoms with Gasteiger partial charge in [0, 0.05) is 6.54 Å². The van der Waals surface area contributed by atoms with Crippen LogP contribution in [0.2, 0.25) is 0 Å². The van der Waals surface area contributed by atoms with Crippen LogP contribution in [0, 0.1) is 6.92 Å². The molecule has 0 aliphatic rings.